The summed E-state index contributed by atoms with van der Waals surface area (Å²) >= 11 is 0. The summed E-state index contributed by atoms with van der Waals surface area (Å²) in [6, 6.07) is 20.0. The van der Waals surface area contributed by atoms with Gasteiger partial charge in [0.15, 0.2) is 0 Å². The highest BCUT2D eigenvalue weighted by Crippen LogP contribution is 2.31. The Hall–Kier alpha value is -4.06. The maximum Gasteiger partial charge on any atom is 0.260 e. The minimum absolute atomic E-state index is 0.140. The molecule has 0 radical (unpaired) electrons. The minimum Gasteiger partial charge on any atom is -0.495 e. The molecular weight excluding hydrogens is 402 g/mol. The molecule has 0 spiro atoms. The van der Waals surface area contributed by atoms with Gasteiger partial charge in [-0.25, -0.2) is 0 Å². The molecular formula is C26H25N3O3. The fourth-order valence-electron chi connectivity index (χ4n) is 3.79. The summed E-state index contributed by atoms with van der Waals surface area (Å²) < 4.78 is 6.99. The van der Waals surface area contributed by atoms with Gasteiger partial charge in [-0.05, 0) is 35.7 Å². The molecule has 4 rings (SSSR count). The highest BCUT2D eigenvalue weighted by atomic mass is 16.5. The van der Waals surface area contributed by atoms with Crippen molar-refractivity contribution >= 4 is 28.6 Å². The van der Waals surface area contributed by atoms with Crippen LogP contribution in [0.25, 0.3) is 5.52 Å². The summed E-state index contributed by atoms with van der Waals surface area (Å²) in [5.74, 6) is 0.244. The molecule has 0 fully saturated rings. The maximum absolute atomic E-state index is 13.4. The van der Waals surface area contributed by atoms with Gasteiger partial charge in [0.05, 0.1) is 29.6 Å². The molecule has 0 aliphatic rings. The molecule has 4 aromatic rings. The third-order valence-electron chi connectivity index (χ3n) is 5.52. The SMILES string of the molecule is COc1ccccc1NC(=O)c1c(N)c(C(=O)c2ccc(C(C)C)cc2)n2ccccc12. The van der Waals surface area contributed by atoms with Gasteiger partial charge in [-0.15, -0.1) is 0 Å². The Morgan fingerprint density at radius 3 is 2.34 bits per heavy atom. The van der Waals surface area contributed by atoms with E-state index < -0.39 is 5.91 Å². The number of hydrogen-bond donors (Lipinski definition) is 2. The van der Waals surface area contributed by atoms with E-state index in [1.807, 2.05) is 18.2 Å². The number of ether oxygens (including phenoxy) is 1. The number of nitrogens with two attached hydrogens (primary N) is 1. The molecule has 32 heavy (non-hydrogen) atoms. The second-order valence-electron chi connectivity index (χ2n) is 7.85. The first-order chi connectivity index (χ1) is 15.4. The predicted molar refractivity (Wildman–Crippen MR) is 127 cm³/mol. The molecule has 3 N–H and O–H groups in total. The number of ketones is 1. The summed E-state index contributed by atoms with van der Waals surface area (Å²) in [5, 5.41) is 2.85. The van der Waals surface area contributed by atoms with E-state index in [0.717, 1.165) is 5.56 Å². The summed E-state index contributed by atoms with van der Waals surface area (Å²) in [6.45, 7) is 4.20. The van der Waals surface area contributed by atoms with Crippen LogP contribution in [0.5, 0.6) is 5.75 Å². The number of aromatic nitrogens is 1. The Balaban J connectivity index is 1.78. The summed E-state index contributed by atoms with van der Waals surface area (Å²) in [7, 11) is 1.54. The Bertz CT molecular complexity index is 1300. The number of anilines is 2. The number of methoxy groups -OCH3 is 1. The van der Waals surface area contributed by atoms with Crippen LogP contribution in [0.3, 0.4) is 0 Å². The van der Waals surface area contributed by atoms with Crippen molar-refractivity contribution in [2.45, 2.75) is 19.8 Å². The molecule has 0 aliphatic heterocycles. The lowest BCUT2D eigenvalue weighted by molar-refractivity contribution is 0.102. The van der Waals surface area contributed by atoms with Crippen LogP contribution in [0.1, 0.15) is 51.7 Å². The van der Waals surface area contributed by atoms with Crippen molar-refractivity contribution in [2.75, 3.05) is 18.2 Å². The fourth-order valence-corrected chi connectivity index (χ4v) is 3.79. The van der Waals surface area contributed by atoms with E-state index in [1.165, 1.54) is 7.11 Å². The molecule has 0 saturated carbocycles. The Kier molecular flexibility index (Phi) is 5.69. The molecule has 1 amide bonds. The lowest BCUT2D eigenvalue weighted by Crippen LogP contribution is -2.14. The normalized spacial score (nSPS) is 11.0. The van der Waals surface area contributed by atoms with Crippen molar-refractivity contribution in [3.8, 4) is 5.75 Å². The van der Waals surface area contributed by atoms with E-state index in [-0.39, 0.29) is 22.7 Å². The average Bonchev–Trinajstić information content (AvgIpc) is 3.10. The van der Waals surface area contributed by atoms with Crippen LogP contribution in [-0.4, -0.2) is 23.2 Å². The van der Waals surface area contributed by atoms with E-state index in [0.29, 0.717) is 28.4 Å². The predicted octanol–water partition coefficient (Wildman–Crippen LogP) is 5.14. The van der Waals surface area contributed by atoms with Crippen LogP contribution in [0.2, 0.25) is 0 Å². The number of hydrogen-bond acceptors (Lipinski definition) is 4. The van der Waals surface area contributed by atoms with Crippen molar-refractivity contribution in [1.29, 1.82) is 0 Å². The largest absolute Gasteiger partial charge is 0.495 e. The van der Waals surface area contributed by atoms with Gasteiger partial charge in [0.25, 0.3) is 5.91 Å². The zero-order valence-corrected chi connectivity index (χ0v) is 18.3. The van der Waals surface area contributed by atoms with E-state index >= 15 is 0 Å². The minimum atomic E-state index is -0.412. The number of nitrogen functional groups attached to an aromatic ring is 1. The second kappa shape index (κ2) is 8.59. The van der Waals surface area contributed by atoms with Crippen LogP contribution < -0.4 is 15.8 Å². The lowest BCUT2D eigenvalue weighted by atomic mass is 9.99. The van der Waals surface area contributed by atoms with Gasteiger partial charge < -0.3 is 20.2 Å². The number of rotatable bonds is 6. The summed E-state index contributed by atoms with van der Waals surface area (Å²) in [6.07, 6.45) is 1.74. The van der Waals surface area contributed by atoms with Gasteiger partial charge in [-0.2, -0.15) is 0 Å². The fraction of sp³-hybridized carbons (Fsp3) is 0.154. The Morgan fingerprint density at radius 2 is 1.66 bits per heavy atom. The number of amides is 1. The van der Waals surface area contributed by atoms with Gasteiger partial charge >= 0.3 is 0 Å². The molecule has 0 aliphatic carbocycles. The Morgan fingerprint density at radius 1 is 0.969 bits per heavy atom. The number of pyridine rings is 1. The van der Waals surface area contributed by atoms with Crippen molar-refractivity contribution < 1.29 is 14.3 Å². The number of fused-ring (bicyclic) bond motifs is 1. The van der Waals surface area contributed by atoms with Crippen LogP contribution in [0, 0.1) is 0 Å². The third kappa shape index (κ3) is 3.71. The molecule has 162 valence electrons. The molecule has 0 saturated heterocycles. The number of carbonyl (C=O) groups is 2. The number of benzene rings is 2. The summed E-state index contributed by atoms with van der Waals surface area (Å²) in [4.78, 5) is 26.6. The average molecular weight is 428 g/mol. The van der Waals surface area contributed by atoms with Crippen LogP contribution in [0.4, 0.5) is 11.4 Å². The monoisotopic (exact) mass is 427 g/mol. The van der Waals surface area contributed by atoms with Gasteiger partial charge in [0.1, 0.15) is 11.4 Å². The molecule has 6 heteroatoms. The highest BCUT2D eigenvalue weighted by molar-refractivity contribution is 6.20. The smallest absolute Gasteiger partial charge is 0.260 e. The molecule has 6 nitrogen and oxygen atoms in total. The maximum atomic E-state index is 13.4. The quantitative estimate of drug-likeness (QED) is 0.417. The van der Waals surface area contributed by atoms with Gasteiger partial charge in [0.2, 0.25) is 5.78 Å². The second-order valence-corrected chi connectivity index (χ2v) is 7.85. The molecule has 2 aromatic carbocycles. The molecule has 0 atom stereocenters. The molecule has 0 bridgehead atoms. The first kappa shape index (κ1) is 21.2. The first-order valence-corrected chi connectivity index (χ1v) is 10.4. The van der Waals surface area contributed by atoms with E-state index in [1.54, 1.807) is 59.1 Å². The standard InChI is InChI=1S/C26H25N3O3/c1-16(2)17-11-13-18(14-12-17)25(30)24-23(27)22(20-9-6-7-15-29(20)24)26(31)28-19-8-4-5-10-21(19)32-3/h4-16H,27H2,1-3H3,(H,28,31). The topological polar surface area (TPSA) is 85.8 Å². The van der Waals surface area contributed by atoms with Gasteiger partial charge in [0, 0.05) is 11.8 Å². The molecule has 2 aromatic heterocycles. The van der Waals surface area contributed by atoms with Gasteiger partial charge in [-0.1, -0.05) is 56.3 Å². The van der Waals surface area contributed by atoms with E-state index in [4.69, 9.17) is 10.5 Å². The zero-order chi connectivity index (χ0) is 22.8. The summed E-state index contributed by atoms with van der Waals surface area (Å²) in [5.41, 5.74) is 9.81. The number of nitrogens with one attached hydrogen (secondary N) is 1. The third-order valence-corrected chi connectivity index (χ3v) is 5.52. The van der Waals surface area contributed by atoms with E-state index in [9.17, 15) is 9.59 Å². The Labute approximate surface area is 186 Å². The van der Waals surface area contributed by atoms with Crippen molar-refractivity contribution in [3.63, 3.8) is 0 Å². The molecule has 0 unspecified atom stereocenters. The first-order valence-electron chi connectivity index (χ1n) is 10.4. The van der Waals surface area contributed by atoms with Crippen molar-refractivity contribution in [1.82, 2.24) is 4.40 Å². The zero-order valence-electron chi connectivity index (χ0n) is 18.3. The molecule has 2 heterocycles. The highest BCUT2D eigenvalue weighted by Gasteiger charge is 2.26. The lowest BCUT2D eigenvalue weighted by Gasteiger charge is -2.10. The number of para-hydroxylation sites is 2. The van der Waals surface area contributed by atoms with Crippen LogP contribution in [-0.2, 0) is 0 Å². The number of nitrogens with zero attached hydrogens (tertiary/aromatic N) is 1. The van der Waals surface area contributed by atoms with Crippen molar-refractivity contribution in [3.05, 3.63) is 95.3 Å². The van der Waals surface area contributed by atoms with Crippen LogP contribution in [0.15, 0.2) is 72.9 Å². The van der Waals surface area contributed by atoms with Crippen LogP contribution >= 0.6 is 0 Å². The van der Waals surface area contributed by atoms with E-state index in [2.05, 4.69) is 19.2 Å². The number of carbonyl (C=O) groups excluding carboxylic acids is 2. The van der Waals surface area contributed by atoms with Crippen molar-refractivity contribution in [2.24, 2.45) is 0 Å². The van der Waals surface area contributed by atoms with Gasteiger partial charge in [-0.3, -0.25) is 9.59 Å².